The van der Waals surface area contributed by atoms with Crippen molar-refractivity contribution >= 4 is 48.1 Å². The first-order valence-electron chi connectivity index (χ1n) is 16.7. The highest BCUT2D eigenvalue weighted by Crippen LogP contribution is 2.29. The van der Waals surface area contributed by atoms with Crippen molar-refractivity contribution < 1.29 is 67.7 Å². The molecule has 5 amide bonds. The molecule has 0 saturated heterocycles. The molecule has 0 radical (unpaired) electrons. The average molecular weight is 748 g/mol. The van der Waals surface area contributed by atoms with Gasteiger partial charge in [-0.05, 0) is 51.0 Å². The van der Waals surface area contributed by atoms with Crippen LogP contribution in [-0.4, -0.2) is 99.9 Å². The second kappa shape index (κ2) is 21.3. The number of carboxylic acids is 3. The van der Waals surface area contributed by atoms with Gasteiger partial charge in [0.1, 0.15) is 17.6 Å². The normalized spacial score (nSPS) is 12.4. The van der Waals surface area contributed by atoms with Gasteiger partial charge in [0.25, 0.3) is 11.8 Å². The molecule has 19 heteroatoms. The van der Waals surface area contributed by atoms with E-state index in [9.17, 15) is 43.5 Å². The number of hydroxylamine groups is 2. The minimum atomic E-state index is -1.79. The van der Waals surface area contributed by atoms with Gasteiger partial charge in [-0.15, -0.1) is 0 Å². The van der Waals surface area contributed by atoms with Crippen LogP contribution in [0.2, 0.25) is 0 Å². The van der Waals surface area contributed by atoms with Crippen LogP contribution in [0.15, 0.2) is 34.7 Å². The van der Waals surface area contributed by atoms with Crippen molar-refractivity contribution in [1.29, 1.82) is 0 Å². The summed E-state index contributed by atoms with van der Waals surface area (Å²) in [7, 11) is 0. The number of aliphatic carboxylic acids is 3. The van der Waals surface area contributed by atoms with E-state index in [1.807, 2.05) is 6.92 Å². The van der Waals surface area contributed by atoms with Crippen LogP contribution in [-0.2, 0) is 28.8 Å². The van der Waals surface area contributed by atoms with Crippen molar-refractivity contribution in [1.82, 2.24) is 26.3 Å². The van der Waals surface area contributed by atoms with Crippen LogP contribution in [0.1, 0.15) is 87.1 Å². The van der Waals surface area contributed by atoms with Gasteiger partial charge in [-0.25, -0.2) is 14.4 Å². The summed E-state index contributed by atoms with van der Waals surface area (Å²) in [6.07, 6.45) is 1.55. The van der Waals surface area contributed by atoms with Gasteiger partial charge in [-0.2, -0.15) is 5.06 Å². The van der Waals surface area contributed by atoms with Gasteiger partial charge in [0.2, 0.25) is 12.3 Å². The number of unbranched alkanes of at least 4 members (excludes halogenated alkanes) is 2. The zero-order chi connectivity index (χ0) is 39.7. The number of nitrogens with zero attached hydrogens (tertiary/aromatic N) is 1. The predicted octanol–water partition coefficient (Wildman–Crippen LogP) is 2.35. The average Bonchev–Trinajstić information content (AvgIpc) is 3.59. The molecule has 3 atom stereocenters. The van der Waals surface area contributed by atoms with E-state index >= 15 is 0 Å². The fraction of sp³-hybridized carbons (Fsp3) is 0.471. The summed E-state index contributed by atoms with van der Waals surface area (Å²) in [5, 5.41) is 37.9. The summed E-state index contributed by atoms with van der Waals surface area (Å²) in [5.41, 5.74) is -0.0777. The molecule has 0 saturated carbocycles. The third-order valence-electron chi connectivity index (χ3n) is 7.55. The monoisotopic (exact) mass is 747 g/mol. The number of carbonyl (C=O) groups is 8. The quantitative estimate of drug-likeness (QED) is 0.0372. The topological polar surface area (TPSA) is 280 Å². The van der Waals surface area contributed by atoms with Gasteiger partial charge in [-0.1, -0.05) is 39.2 Å². The van der Waals surface area contributed by atoms with Crippen LogP contribution in [0.4, 0.5) is 4.79 Å². The van der Waals surface area contributed by atoms with Crippen molar-refractivity contribution in [3.63, 3.8) is 0 Å². The Balaban J connectivity index is 2.19. The molecular weight excluding hydrogens is 702 g/mol. The summed E-state index contributed by atoms with van der Waals surface area (Å²) in [6, 6.07) is 3.61. The number of hydrogen-bond donors (Lipinski definition) is 7. The van der Waals surface area contributed by atoms with Crippen molar-refractivity contribution in [2.75, 3.05) is 13.3 Å². The number of carboxylic acid groups (broad SMARTS) is 3. The minimum Gasteiger partial charge on any atom is -0.481 e. The Kier molecular flexibility index (Phi) is 17.3. The first-order valence-corrected chi connectivity index (χ1v) is 16.7. The molecule has 7 N–H and O–H groups in total. The number of hydrogen-bond acceptors (Lipinski definition) is 11. The van der Waals surface area contributed by atoms with E-state index in [0.29, 0.717) is 19.3 Å². The highest BCUT2D eigenvalue weighted by molar-refractivity contribution is 6.00. The maximum absolute atomic E-state index is 13.4. The van der Waals surface area contributed by atoms with Crippen molar-refractivity contribution in [3.8, 4) is 17.1 Å². The van der Waals surface area contributed by atoms with Gasteiger partial charge in [0.05, 0.1) is 30.6 Å². The molecule has 2 rings (SSSR count). The lowest BCUT2D eigenvalue weighted by atomic mass is 9.90. The molecule has 1 heterocycles. The van der Waals surface area contributed by atoms with Gasteiger partial charge in [0.15, 0.2) is 12.4 Å². The van der Waals surface area contributed by atoms with Crippen molar-refractivity contribution in [2.45, 2.75) is 84.3 Å². The first-order chi connectivity index (χ1) is 25.1. The molecule has 0 fully saturated rings. The Hall–Kier alpha value is -6.14. The van der Waals surface area contributed by atoms with Gasteiger partial charge >= 0.3 is 24.0 Å². The van der Waals surface area contributed by atoms with Crippen LogP contribution >= 0.6 is 0 Å². The Morgan fingerprint density at radius 2 is 1.62 bits per heavy atom. The molecule has 0 aliphatic rings. The fourth-order valence-electron chi connectivity index (χ4n) is 5.06. The van der Waals surface area contributed by atoms with Crippen LogP contribution in [0.3, 0.4) is 0 Å². The van der Waals surface area contributed by atoms with Crippen LogP contribution in [0.25, 0.3) is 11.3 Å². The van der Waals surface area contributed by atoms with E-state index in [-0.39, 0.29) is 47.5 Å². The molecular formula is C34H45N5O14. The maximum Gasteiger partial charge on any atom is 0.431 e. The molecule has 3 unspecified atom stereocenters. The number of amides is 5. The van der Waals surface area contributed by atoms with E-state index in [1.165, 1.54) is 30.3 Å². The lowest BCUT2D eigenvalue weighted by molar-refractivity contribution is -0.169. The van der Waals surface area contributed by atoms with Gasteiger partial charge in [-0.3, -0.25) is 24.0 Å². The molecule has 0 aliphatic carbocycles. The highest BCUT2D eigenvalue weighted by Gasteiger charge is 2.33. The Morgan fingerprint density at radius 1 is 0.906 bits per heavy atom. The van der Waals surface area contributed by atoms with Crippen LogP contribution in [0.5, 0.6) is 5.75 Å². The zero-order valence-electron chi connectivity index (χ0n) is 29.7. The summed E-state index contributed by atoms with van der Waals surface area (Å²) < 4.78 is 10.9. The predicted molar refractivity (Wildman–Crippen MR) is 183 cm³/mol. The number of carbonyl (C=O) groups excluding carboxylic acids is 5. The molecule has 290 valence electrons. The van der Waals surface area contributed by atoms with E-state index in [1.54, 1.807) is 20.8 Å². The lowest BCUT2D eigenvalue weighted by Gasteiger charge is -2.32. The lowest BCUT2D eigenvalue weighted by Crippen LogP contribution is -2.50. The highest BCUT2D eigenvalue weighted by atomic mass is 16.7. The summed E-state index contributed by atoms with van der Waals surface area (Å²) in [5.74, 6) is -7.94. The molecule has 0 spiro atoms. The number of rotatable bonds is 23. The molecule has 53 heavy (non-hydrogen) atoms. The molecule has 1 aromatic heterocycles. The van der Waals surface area contributed by atoms with E-state index in [0.717, 1.165) is 17.9 Å². The Bertz CT molecular complexity index is 1620. The van der Waals surface area contributed by atoms with E-state index in [4.69, 9.17) is 24.2 Å². The second-order valence-electron chi connectivity index (χ2n) is 12.0. The maximum atomic E-state index is 13.4. The fourth-order valence-corrected chi connectivity index (χ4v) is 5.06. The summed E-state index contributed by atoms with van der Waals surface area (Å²) >= 11 is 0. The molecule has 2 aromatic rings. The van der Waals surface area contributed by atoms with E-state index in [2.05, 4.69) is 21.3 Å². The summed E-state index contributed by atoms with van der Waals surface area (Å²) in [6.45, 7) is 5.94. The SMILES string of the molecule is CCCCCC(C(=O)NCNC(=O)c1ccc(-c2ccc(C(=O)NC(CC(=O)O)C(=O)O)c(OCC(=O)O)c2)o1)C(CC)N(C=O)OC(=O)NC(C)C. The molecule has 19 nitrogen and oxygen atoms in total. The Morgan fingerprint density at radius 3 is 2.21 bits per heavy atom. The molecule has 0 aliphatic heterocycles. The standard InChI is InChI=1S/C34H45N5O14/c1-5-7-8-9-21(24(6-2)39(18-40)53-34(50)37-19(3)4)30(45)35-17-36-32(47)26-13-12-25(52-26)20-10-11-22(27(14-20)51-16-29(43)44)31(46)38-23(33(48)49)15-28(41)42/h10-14,18-19,21,23-24H,5-9,15-17H2,1-4H3,(H,35,45)(H,36,47)(H,37,50)(H,38,46)(H,41,42)(H,43,44)(H,48,49). The van der Waals surface area contributed by atoms with Gasteiger partial charge < -0.3 is 50.6 Å². The molecule has 0 bridgehead atoms. The van der Waals surface area contributed by atoms with Crippen molar-refractivity contribution in [3.05, 3.63) is 41.7 Å². The molecule has 1 aromatic carbocycles. The number of ether oxygens (including phenoxy) is 1. The second-order valence-corrected chi connectivity index (χ2v) is 12.0. The summed E-state index contributed by atoms with van der Waals surface area (Å²) in [4.78, 5) is 102. The number of benzene rings is 1. The van der Waals surface area contributed by atoms with Crippen LogP contribution < -0.4 is 26.0 Å². The third-order valence-corrected chi connectivity index (χ3v) is 7.55. The smallest absolute Gasteiger partial charge is 0.431 e. The van der Waals surface area contributed by atoms with Crippen molar-refractivity contribution in [2.24, 2.45) is 5.92 Å². The third kappa shape index (κ3) is 13.8. The van der Waals surface area contributed by atoms with E-state index < -0.39 is 72.8 Å². The first kappa shape index (κ1) is 43.0. The Labute approximate surface area is 304 Å². The van der Waals surface area contributed by atoms with Gasteiger partial charge in [0, 0.05) is 11.6 Å². The zero-order valence-corrected chi connectivity index (χ0v) is 29.7. The number of nitrogens with one attached hydrogen (secondary N) is 4. The largest absolute Gasteiger partial charge is 0.481 e. The minimum absolute atomic E-state index is 0.0813. The number of furan rings is 1. The van der Waals surface area contributed by atoms with Crippen LogP contribution in [0, 0.1) is 5.92 Å².